The van der Waals surface area contributed by atoms with Gasteiger partial charge in [0.15, 0.2) is 5.60 Å². The number of pyridine rings is 1. The highest BCUT2D eigenvalue weighted by Gasteiger charge is 2.61. The Bertz CT molecular complexity index is 899. The molecular formula is C23H32N2O5S. The fraction of sp³-hybridized carbons (Fsp3) is 0.652. The van der Waals surface area contributed by atoms with Gasteiger partial charge in [-0.2, -0.15) is 11.8 Å². The number of hydrogen-bond donors (Lipinski definition) is 1. The first-order valence-electron chi connectivity index (χ1n) is 11.1. The summed E-state index contributed by atoms with van der Waals surface area (Å²) in [6.45, 7) is 1.82. The van der Waals surface area contributed by atoms with Crippen LogP contribution in [0.25, 0.3) is 11.0 Å². The minimum absolute atomic E-state index is 0.00789. The van der Waals surface area contributed by atoms with E-state index in [1.54, 1.807) is 25.1 Å². The number of aliphatic hydroxyl groups excluding tert-OH is 1. The summed E-state index contributed by atoms with van der Waals surface area (Å²) in [6.07, 6.45) is 7.84. The molecule has 0 radical (unpaired) electrons. The van der Waals surface area contributed by atoms with Crippen molar-refractivity contribution >= 4 is 28.6 Å². The number of thioether (sulfide) groups is 1. The first-order chi connectivity index (χ1) is 15.1. The Labute approximate surface area is 187 Å². The molecule has 1 aliphatic carbocycles. The number of carbonyl (C=O) groups is 1. The molecule has 0 spiro atoms. The van der Waals surface area contributed by atoms with Crippen LogP contribution in [-0.2, 0) is 27.1 Å². The molecule has 1 N–H and O–H groups in total. The van der Waals surface area contributed by atoms with Crippen LogP contribution < -0.4 is 0 Å². The van der Waals surface area contributed by atoms with Crippen LogP contribution in [0.2, 0.25) is 0 Å². The third-order valence-corrected chi connectivity index (χ3v) is 7.50. The zero-order valence-electron chi connectivity index (χ0n) is 18.3. The molecule has 8 heteroatoms. The lowest BCUT2D eigenvalue weighted by atomic mass is 9.79. The molecular weight excluding hydrogens is 416 g/mol. The van der Waals surface area contributed by atoms with Crippen LogP contribution in [0.3, 0.4) is 0 Å². The zero-order chi connectivity index (χ0) is 21.8. The van der Waals surface area contributed by atoms with Gasteiger partial charge >= 0.3 is 0 Å². The number of aryl methyl sites for hydroxylation is 1. The van der Waals surface area contributed by atoms with E-state index in [1.807, 2.05) is 6.07 Å². The van der Waals surface area contributed by atoms with Crippen molar-refractivity contribution in [3.8, 4) is 0 Å². The Morgan fingerprint density at radius 1 is 1.42 bits per heavy atom. The van der Waals surface area contributed by atoms with Gasteiger partial charge in [-0.1, -0.05) is 19.8 Å². The standard InChI is InChI=1S/C23H32N2O5S/c1-3-10-31-13-21-23(29-15-28-2,22(27)25(21)14-26)12-19-18-11-17(7-6-16-4-5-16)30-20(18)8-9-24-19/h8-9,11,16,21,26H,3-7,10,12-15H2,1-2H3. The lowest BCUT2D eigenvalue weighted by Gasteiger charge is -2.54. The first kappa shape index (κ1) is 22.6. The van der Waals surface area contributed by atoms with E-state index in [4.69, 9.17) is 13.9 Å². The van der Waals surface area contributed by atoms with Gasteiger partial charge in [-0.15, -0.1) is 0 Å². The highest BCUT2D eigenvalue weighted by Crippen LogP contribution is 2.40. The third-order valence-electron chi connectivity index (χ3n) is 6.25. The van der Waals surface area contributed by atoms with Gasteiger partial charge in [0.2, 0.25) is 0 Å². The Morgan fingerprint density at radius 3 is 2.97 bits per heavy atom. The van der Waals surface area contributed by atoms with Crippen LogP contribution in [0.4, 0.5) is 0 Å². The maximum absolute atomic E-state index is 13.1. The normalized spacial score (nSPS) is 23.5. The summed E-state index contributed by atoms with van der Waals surface area (Å²) in [7, 11) is 1.54. The summed E-state index contributed by atoms with van der Waals surface area (Å²) >= 11 is 1.76. The maximum Gasteiger partial charge on any atom is 0.259 e. The van der Waals surface area contributed by atoms with Crippen molar-refractivity contribution in [2.75, 3.05) is 32.1 Å². The molecule has 2 atom stereocenters. The monoisotopic (exact) mass is 448 g/mol. The third kappa shape index (κ3) is 4.62. The van der Waals surface area contributed by atoms with E-state index in [2.05, 4.69) is 18.0 Å². The van der Waals surface area contributed by atoms with Crippen molar-refractivity contribution in [3.05, 3.63) is 29.8 Å². The molecule has 0 aromatic carbocycles. The van der Waals surface area contributed by atoms with Crippen LogP contribution >= 0.6 is 11.8 Å². The van der Waals surface area contributed by atoms with Crippen molar-refractivity contribution in [2.24, 2.45) is 5.92 Å². The Kier molecular flexibility index (Phi) is 7.21. The van der Waals surface area contributed by atoms with E-state index >= 15 is 0 Å². The number of aliphatic hydroxyl groups is 1. The highest BCUT2D eigenvalue weighted by molar-refractivity contribution is 7.99. The van der Waals surface area contributed by atoms with Crippen molar-refractivity contribution < 1.29 is 23.8 Å². The molecule has 4 rings (SSSR count). The highest BCUT2D eigenvalue weighted by atomic mass is 32.2. The van der Waals surface area contributed by atoms with Crippen molar-refractivity contribution in [2.45, 2.75) is 57.1 Å². The van der Waals surface area contributed by atoms with Crippen molar-refractivity contribution in [1.82, 2.24) is 9.88 Å². The summed E-state index contributed by atoms with van der Waals surface area (Å²) in [4.78, 5) is 19.2. The van der Waals surface area contributed by atoms with Gasteiger partial charge in [-0.3, -0.25) is 9.78 Å². The fourth-order valence-corrected chi connectivity index (χ4v) is 5.47. The van der Waals surface area contributed by atoms with Gasteiger partial charge in [0, 0.05) is 37.3 Å². The number of rotatable bonds is 13. The van der Waals surface area contributed by atoms with Gasteiger partial charge in [-0.25, -0.2) is 0 Å². The molecule has 2 aliphatic rings. The smallest absolute Gasteiger partial charge is 0.259 e. The van der Waals surface area contributed by atoms with Crippen LogP contribution in [0, 0.1) is 5.92 Å². The molecule has 1 amide bonds. The summed E-state index contributed by atoms with van der Waals surface area (Å²) in [5.74, 6) is 3.28. The van der Waals surface area contributed by atoms with Crippen LogP contribution in [0.1, 0.15) is 44.1 Å². The van der Waals surface area contributed by atoms with E-state index in [-0.39, 0.29) is 25.5 Å². The molecule has 1 saturated heterocycles. The van der Waals surface area contributed by atoms with Crippen molar-refractivity contribution in [1.29, 1.82) is 0 Å². The van der Waals surface area contributed by atoms with Gasteiger partial charge in [0.25, 0.3) is 5.91 Å². The number of methoxy groups -OCH3 is 1. The van der Waals surface area contributed by atoms with Crippen LogP contribution in [-0.4, -0.2) is 64.7 Å². The summed E-state index contributed by atoms with van der Waals surface area (Å²) in [5, 5.41) is 10.7. The Morgan fingerprint density at radius 2 is 2.26 bits per heavy atom. The second-order valence-corrected chi connectivity index (χ2v) is 9.64. The average Bonchev–Trinajstić information content (AvgIpc) is 3.51. The number of β-lactam (4-membered cyclic amide) rings is 1. The quantitative estimate of drug-likeness (QED) is 0.286. The largest absolute Gasteiger partial charge is 0.461 e. The van der Waals surface area contributed by atoms with Gasteiger partial charge in [0.05, 0.1) is 11.7 Å². The number of amides is 1. The van der Waals surface area contributed by atoms with Gasteiger partial charge < -0.3 is 23.9 Å². The lowest BCUT2D eigenvalue weighted by Crippen LogP contribution is -2.77. The molecule has 2 aromatic rings. The van der Waals surface area contributed by atoms with Crippen LogP contribution in [0.5, 0.6) is 0 Å². The average molecular weight is 449 g/mol. The molecule has 7 nitrogen and oxygen atoms in total. The zero-order valence-corrected chi connectivity index (χ0v) is 19.2. The van der Waals surface area contributed by atoms with Gasteiger partial charge in [0.1, 0.15) is 24.9 Å². The number of fused-ring (bicyclic) bond motifs is 1. The second-order valence-electron chi connectivity index (χ2n) is 8.49. The molecule has 2 aromatic heterocycles. The molecule has 1 aliphatic heterocycles. The molecule has 3 heterocycles. The lowest BCUT2D eigenvalue weighted by molar-refractivity contribution is -0.228. The topological polar surface area (TPSA) is 85.0 Å². The minimum atomic E-state index is -1.09. The predicted octanol–water partition coefficient (Wildman–Crippen LogP) is 3.38. The minimum Gasteiger partial charge on any atom is -0.461 e. The van der Waals surface area contributed by atoms with E-state index in [1.165, 1.54) is 17.7 Å². The predicted molar refractivity (Wildman–Crippen MR) is 120 cm³/mol. The molecule has 31 heavy (non-hydrogen) atoms. The summed E-state index contributed by atoms with van der Waals surface area (Å²) in [6, 6.07) is 3.70. The van der Waals surface area contributed by atoms with E-state index in [0.29, 0.717) is 12.2 Å². The molecule has 170 valence electrons. The number of nitrogens with zero attached hydrogens (tertiary/aromatic N) is 2. The summed E-state index contributed by atoms with van der Waals surface area (Å²) < 4.78 is 17.3. The molecule has 2 unspecified atom stereocenters. The Hall–Kier alpha value is -1.61. The fourth-order valence-electron chi connectivity index (χ4n) is 4.34. The van der Waals surface area contributed by atoms with E-state index in [9.17, 15) is 9.90 Å². The number of furan rings is 1. The number of aromatic nitrogens is 1. The maximum atomic E-state index is 13.1. The van der Waals surface area contributed by atoms with Gasteiger partial charge in [-0.05, 0) is 36.6 Å². The first-order valence-corrected chi connectivity index (χ1v) is 12.3. The summed E-state index contributed by atoms with van der Waals surface area (Å²) in [5.41, 5.74) is 0.485. The molecule has 2 fully saturated rings. The van der Waals surface area contributed by atoms with E-state index in [0.717, 1.165) is 53.4 Å². The van der Waals surface area contributed by atoms with E-state index < -0.39 is 5.60 Å². The SMILES string of the molecule is CCCSCC1N(CO)C(=O)C1(Cc1nccc2oc(CCC3CC3)cc12)OCOC. The second kappa shape index (κ2) is 9.90. The molecule has 0 bridgehead atoms. The number of likely N-dealkylation sites (tertiary alicyclic amines) is 1. The Balaban J connectivity index is 1.60. The number of carbonyl (C=O) groups excluding carboxylic acids is 1. The number of ether oxygens (including phenoxy) is 2. The van der Waals surface area contributed by atoms with Crippen LogP contribution in [0.15, 0.2) is 22.7 Å². The molecule has 1 saturated carbocycles. The van der Waals surface area contributed by atoms with Crippen molar-refractivity contribution in [3.63, 3.8) is 0 Å². The number of hydrogen-bond acceptors (Lipinski definition) is 7.